The second-order valence-corrected chi connectivity index (χ2v) is 6.34. The van der Waals surface area contributed by atoms with Crippen LogP contribution in [-0.4, -0.2) is 41.5 Å². The average Bonchev–Trinajstić information content (AvgIpc) is 2.37. The van der Waals surface area contributed by atoms with Crippen molar-refractivity contribution in [1.29, 1.82) is 0 Å². The van der Waals surface area contributed by atoms with Crippen LogP contribution in [0.5, 0.6) is 0 Å². The Morgan fingerprint density at radius 3 is 2.71 bits per heavy atom. The van der Waals surface area contributed by atoms with Gasteiger partial charge in [0.15, 0.2) is 0 Å². The first-order valence-electron chi connectivity index (χ1n) is 6.54. The predicted molar refractivity (Wildman–Crippen MR) is 84.5 cm³/mol. The minimum Gasteiger partial charge on any atom is -0.383 e. The van der Waals surface area contributed by atoms with Crippen molar-refractivity contribution in [3.63, 3.8) is 0 Å². The Morgan fingerprint density at radius 1 is 1.48 bits per heavy atom. The number of ether oxygens (including phenoxy) is 1. The maximum atomic E-state index is 12.0. The van der Waals surface area contributed by atoms with Gasteiger partial charge in [-0.25, -0.2) is 4.68 Å². The van der Waals surface area contributed by atoms with Gasteiger partial charge in [0.25, 0.3) is 5.56 Å². The van der Waals surface area contributed by atoms with Gasteiger partial charge in [-0.2, -0.15) is 5.10 Å². The number of hydrogen-bond donors (Lipinski definition) is 2. The normalized spacial score (nSPS) is 11.3. The Balaban J connectivity index is 2.71. The summed E-state index contributed by atoms with van der Waals surface area (Å²) in [6.45, 7) is 6.55. The molecule has 118 valence electrons. The number of hydrogen-bond acceptors (Lipinski definition) is 5. The van der Waals surface area contributed by atoms with E-state index >= 15 is 0 Å². The number of aromatic nitrogens is 2. The molecule has 1 aromatic rings. The van der Waals surface area contributed by atoms with Crippen molar-refractivity contribution in [2.24, 2.45) is 0 Å². The first kappa shape index (κ1) is 17.6. The third-order valence-corrected chi connectivity index (χ3v) is 3.21. The summed E-state index contributed by atoms with van der Waals surface area (Å²) in [5, 5.41) is 9.75. The van der Waals surface area contributed by atoms with E-state index in [1.54, 1.807) is 7.11 Å². The summed E-state index contributed by atoms with van der Waals surface area (Å²) in [6, 6.07) is 0. The Hall–Kier alpha value is -1.41. The molecule has 2 N–H and O–H groups in total. The molecule has 0 spiro atoms. The summed E-state index contributed by atoms with van der Waals surface area (Å²) in [7, 11) is 1.56. The number of nitrogens with zero attached hydrogens (tertiary/aromatic N) is 2. The van der Waals surface area contributed by atoms with E-state index in [1.807, 2.05) is 20.8 Å². The highest BCUT2D eigenvalue weighted by molar-refractivity contribution is 9.10. The molecule has 7 nitrogen and oxygen atoms in total. The molecule has 1 heterocycles. The number of rotatable bonds is 6. The molecular formula is C13H21BrN4O3. The van der Waals surface area contributed by atoms with Crippen molar-refractivity contribution < 1.29 is 9.53 Å². The Labute approximate surface area is 132 Å². The predicted octanol–water partition coefficient (Wildman–Crippen LogP) is 0.979. The maximum Gasteiger partial charge on any atom is 0.283 e. The van der Waals surface area contributed by atoms with Crippen molar-refractivity contribution in [2.45, 2.75) is 32.9 Å². The molecule has 0 saturated carbocycles. The fourth-order valence-corrected chi connectivity index (χ4v) is 2.01. The van der Waals surface area contributed by atoms with Gasteiger partial charge in [-0.15, -0.1) is 0 Å². The highest BCUT2D eigenvalue weighted by Gasteiger charge is 2.14. The zero-order chi connectivity index (χ0) is 16.0. The van der Waals surface area contributed by atoms with Gasteiger partial charge < -0.3 is 15.4 Å². The molecule has 0 aliphatic rings. The SMILES string of the molecule is COCCn1ncc(NCC(=O)NC(C)(C)C)c(Br)c1=O. The van der Waals surface area contributed by atoms with Gasteiger partial charge in [-0.1, -0.05) is 0 Å². The van der Waals surface area contributed by atoms with Crippen LogP contribution in [0.1, 0.15) is 20.8 Å². The maximum absolute atomic E-state index is 12.0. The lowest BCUT2D eigenvalue weighted by Crippen LogP contribution is -2.43. The molecule has 0 saturated heterocycles. The van der Waals surface area contributed by atoms with Crippen LogP contribution in [-0.2, 0) is 16.1 Å². The second-order valence-electron chi connectivity index (χ2n) is 5.55. The van der Waals surface area contributed by atoms with Gasteiger partial charge >= 0.3 is 0 Å². The third kappa shape index (κ3) is 5.84. The first-order valence-corrected chi connectivity index (χ1v) is 7.33. The molecule has 0 fully saturated rings. The third-order valence-electron chi connectivity index (χ3n) is 2.45. The van der Waals surface area contributed by atoms with Crippen LogP contribution in [0.2, 0.25) is 0 Å². The summed E-state index contributed by atoms with van der Waals surface area (Å²) < 4.78 is 6.56. The summed E-state index contributed by atoms with van der Waals surface area (Å²) in [5.41, 5.74) is -0.0800. The molecule has 8 heteroatoms. The summed E-state index contributed by atoms with van der Waals surface area (Å²) >= 11 is 3.23. The monoisotopic (exact) mass is 360 g/mol. The van der Waals surface area contributed by atoms with E-state index in [2.05, 4.69) is 31.7 Å². The molecule has 0 aliphatic carbocycles. The number of amides is 1. The molecule has 0 aromatic carbocycles. The van der Waals surface area contributed by atoms with Gasteiger partial charge in [-0.3, -0.25) is 9.59 Å². The minimum absolute atomic E-state index is 0.0685. The fourth-order valence-electron chi connectivity index (χ4n) is 1.56. The van der Waals surface area contributed by atoms with Crippen molar-refractivity contribution in [1.82, 2.24) is 15.1 Å². The number of carbonyl (C=O) groups excluding carboxylic acids is 1. The number of nitrogens with one attached hydrogen (secondary N) is 2. The van der Waals surface area contributed by atoms with Crippen LogP contribution in [0.25, 0.3) is 0 Å². The van der Waals surface area contributed by atoms with Crippen LogP contribution in [0, 0.1) is 0 Å². The van der Waals surface area contributed by atoms with Gasteiger partial charge in [0.2, 0.25) is 5.91 Å². The lowest BCUT2D eigenvalue weighted by atomic mass is 10.1. The number of methoxy groups -OCH3 is 1. The molecule has 0 unspecified atom stereocenters. The van der Waals surface area contributed by atoms with Crippen LogP contribution in [0.15, 0.2) is 15.5 Å². The lowest BCUT2D eigenvalue weighted by molar-refractivity contribution is -0.120. The molecule has 21 heavy (non-hydrogen) atoms. The van der Waals surface area contributed by atoms with E-state index in [-0.39, 0.29) is 23.6 Å². The van der Waals surface area contributed by atoms with E-state index in [9.17, 15) is 9.59 Å². The number of halogens is 1. The van der Waals surface area contributed by atoms with Gasteiger partial charge in [-0.05, 0) is 36.7 Å². The molecule has 0 bridgehead atoms. The van der Waals surface area contributed by atoms with Crippen LogP contribution in [0.4, 0.5) is 5.69 Å². The standard InChI is InChI=1S/C13H21BrN4O3/c1-13(2,3)17-10(19)8-15-9-7-16-18(5-6-21-4)12(20)11(9)14/h7,15H,5-6,8H2,1-4H3,(H,17,19). The lowest BCUT2D eigenvalue weighted by Gasteiger charge is -2.20. The van der Waals surface area contributed by atoms with Gasteiger partial charge in [0.05, 0.1) is 31.6 Å². The Kier molecular flexibility index (Phi) is 6.35. The Morgan fingerprint density at radius 2 is 2.14 bits per heavy atom. The molecule has 1 aromatic heterocycles. The van der Waals surface area contributed by atoms with Crippen LogP contribution < -0.4 is 16.2 Å². The van der Waals surface area contributed by atoms with Crippen molar-refractivity contribution in [3.8, 4) is 0 Å². The second kappa shape index (κ2) is 7.56. The minimum atomic E-state index is -0.294. The number of anilines is 1. The van der Waals surface area contributed by atoms with E-state index in [0.29, 0.717) is 23.3 Å². The summed E-state index contributed by atoms with van der Waals surface area (Å²) in [4.78, 5) is 23.8. The molecule has 1 amide bonds. The molecular weight excluding hydrogens is 340 g/mol. The van der Waals surface area contributed by atoms with Crippen molar-refractivity contribution in [3.05, 3.63) is 21.0 Å². The van der Waals surface area contributed by atoms with E-state index in [1.165, 1.54) is 10.9 Å². The van der Waals surface area contributed by atoms with E-state index in [4.69, 9.17) is 4.74 Å². The highest BCUT2D eigenvalue weighted by atomic mass is 79.9. The topological polar surface area (TPSA) is 85.2 Å². The molecule has 0 radical (unpaired) electrons. The number of carbonyl (C=O) groups is 1. The molecule has 0 atom stereocenters. The smallest absolute Gasteiger partial charge is 0.283 e. The highest BCUT2D eigenvalue weighted by Crippen LogP contribution is 2.15. The molecule has 0 aliphatic heterocycles. The fraction of sp³-hybridized carbons (Fsp3) is 0.615. The van der Waals surface area contributed by atoms with E-state index < -0.39 is 0 Å². The van der Waals surface area contributed by atoms with Crippen molar-refractivity contribution >= 4 is 27.5 Å². The van der Waals surface area contributed by atoms with Crippen LogP contribution in [0.3, 0.4) is 0 Å². The summed E-state index contributed by atoms with van der Waals surface area (Å²) in [5.74, 6) is -0.155. The zero-order valence-corrected chi connectivity index (χ0v) is 14.3. The quantitative estimate of drug-likeness (QED) is 0.789. The Bertz CT molecular complexity index is 551. The van der Waals surface area contributed by atoms with Gasteiger partial charge in [0.1, 0.15) is 4.47 Å². The van der Waals surface area contributed by atoms with Crippen LogP contribution >= 0.6 is 15.9 Å². The van der Waals surface area contributed by atoms with Crippen molar-refractivity contribution in [2.75, 3.05) is 25.6 Å². The zero-order valence-electron chi connectivity index (χ0n) is 12.7. The molecule has 1 rings (SSSR count). The summed E-state index contributed by atoms with van der Waals surface area (Å²) in [6.07, 6.45) is 1.51. The largest absolute Gasteiger partial charge is 0.383 e. The van der Waals surface area contributed by atoms with E-state index in [0.717, 1.165) is 0 Å². The first-order chi connectivity index (χ1) is 9.74. The van der Waals surface area contributed by atoms with Gasteiger partial charge in [0, 0.05) is 12.6 Å². The average molecular weight is 361 g/mol.